The monoisotopic (exact) mass is 227 g/mol. The first-order chi connectivity index (χ1) is 6.14. The zero-order valence-electron chi connectivity index (χ0n) is 7.96. The van der Waals surface area contributed by atoms with E-state index in [4.69, 9.17) is 5.11 Å². The summed E-state index contributed by atoms with van der Waals surface area (Å²) in [5, 5.41) is 8.71. The van der Waals surface area contributed by atoms with Crippen molar-refractivity contribution in [1.82, 2.24) is 4.90 Å². The van der Waals surface area contributed by atoms with Crippen LogP contribution in [-0.4, -0.2) is 42.2 Å². The zero-order chi connectivity index (χ0) is 9.47. The lowest BCUT2D eigenvalue weighted by Gasteiger charge is -2.37. The maximum atomic E-state index is 13.4. The van der Waals surface area contributed by atoms with Crippen molar-refractivity contribution in [2.75, 3.05) is 26.2 Å². The van der Waals surface area contributed by atoms with Crippen LogP contribution in [0.15, 0.2) is 0 Å². The van der Waals surface area contributed by atoms with Gasteiger partial charge in [-0.25, -0.2) is 8.78 Å². The summed E-state index contributed by atoms with van der Waals surface area (Å²) >= 11 is 0. The molecule has 14 heavy (non-hydrogen) atoms. The number of likely N-dealkylation sites (tertiary alicyclic amines) is 1. The second-order valence-corrected chi connectivity index (χ2v) is 4.13. The highest BCUT2D eigenvalue weighted by Crippen LogP contribution is 2.48. The SMILES string of the molecule is Cl.OCCN1CC2CCC(C1)C2(F)F. The Kier molecular flexibility index (Phi) is 3.72. The van der Waals surface area contributed by atoms with Crippen molar-refractivity contribution in [2.45, 2.75) is 18.8 Å². The molecule has 1 saturated carbocycles. The van der Waals surface area contributed by atoms with Crippen molar-refractivity contribution in [3.8, 4) is 0 Å². The molecule has 1 aliphatic heterocycles. The molecule has 2 nitrogen and oxygen atoms in total. The van der Waals surface area contributed by atoms with E-state index in [0.29, 0.717) is 32.5 Å². The van der Waals surface area contributed by atoms with Crippen molar-refractivity contribution >= 4 is 12.4 Å². The third-order valence-electron chi connectivity index (χ3n) is 3.33. The number of alkyl halides is 2. The molecule has 2 atom stereocenters. The molecule has 0 radical (unpaired) electrons. The number of fused-ring (bicyclic) bond motifs is 2. The van der Waals surface area contributed by atoms with Crippen LogP contribution in [0.4, 0.5) is 8.78 Å². The van der Waals surface area contributed by atoms with E-state index in [2.05, 4.69) is 0 Å². The van der Waals surface area contributed by atoms with Crippen molar-refractivity contribution in [3.63, 3.8) is 0 Å². The van der Waals surface area contributed by atoms with Crippen molar-refractivity contribution < 1.29 is 13.9 Å². The van der Waals surface area contributed by atoms with Crippen molar-refractivity contribution in [1.29, 1.82) is 0 Å². The molecule has 1 aliphatic carbocycles. The summed E-state index contributed by atoms with van der Waals surface area (Å²) in [6.07, 6.45) is 1.30. The molecule has 2 aliphatic rings. The summed E-state index contributed by atoms with van der Waals surface area (Å²) in [5.74, 6) is -3.36. The maximum absolute atomic E-state index is 13.4. The van der Waals surface area contributed by atoms with Crippen LogP contribution >= 0.6 is 12.4 Å². The summed E-state index contributed by atoms with van der Waals surface area (Å²) < 4.78 is 26.8. The number of rotatable bonds is 2. The van der Waals surface area contributed by atoms with Gasteiger partial charge in [0, 0.05) is 31.5 Å². The predicted octanol–water partition coefficient (Wildman–Crippen LogP) is 1.38. The van der Waals surface area contributed by atoms with E-state index >= 15 is 0 Å². The Hall–Kier alpha value is 0.0700. The van der Waals surface area contributed by atoms with Crippen LogP contribution in [-0.2, 0) is 0 Å². The molecule has 0 aromatic heterocycles. The summed E-state index contributed by atoms with van der Waals surface area (Å²) in [7, 11) is 0. The summed E-state index contributed by atoms with van der Waals surface area (Å²) in [4.78, 5) is 1.96. The van der Waals surface area contributed by atoms with Crippen LogP contribution in [0, 0.1) is 11.8 Å². The Balaban J connectivity index is 0.000000980. The highest BCUT2D eigenvalue weighted by atomic mass is 35.5. The smallest absolute Gasteiger partial charge is 0.256 e. The van der Waals surface area contributed by atoms with Gasteiger partial charge in [-0.3, -0.25) is 0 Å². The second kappa shape index (κ2) is 4.29. The van der Waals surface area contributed by atoms with E-state index in [1.807, 2.05) is 4.90 Å². The van der Waals surface area contributed by atoms with Gasteiger partial charge in [-0.05, 0) is 12.8 Å². The largest absolute Gasteiger partial charge is 0.395 e. The van der Waals surface area contributed by atoms with E-state index in [1.54, 1.807) is 0 Å². The van der Waals surface area contributed by atoms with Gasteiger partial charge in [-0.1, -0.05) is 0 Å². The van der Waals surface area contributed by atoms with Crippen molar-refractivity contribution in [2.24, 2.45) is 11.8 Å². The highest BCUT2D eigenvalue weighted by Gasteiger charge is 2.55. The number of piperidine rings is 1. The topological polar surface area (TPSA) is 23.5 Å². The molecule has 1 heterocycles. The van der Waals surface area contributed by atoms with Crippen LogP contribution in [0.3, 0.4) is 0 Å². The molecule has 2 rings (SSSR count). The van der Waals surface area contributed by atoms with Gasteiger partial charge in [0.2, 0.25) is 0 Å². The van der Waals surface area contributed by atoms with Crippen LogP contribution < -0.4 is 0 Å². The number of nitrogens with zero attached hydrogens (tertiary/aromatic N) is 1. The fraction of sp³-hybridized carbons (Fsp3) is 1.00. The number of aliphatic hydroxyl groups excluding tert-OH is 1. The first kappa shape index (κ1) is 12.1. The fourth-order valence-corrected chi connectivity index (χ4v) is 2.57. The van der Waals surface area contributed by atoms with Crippen LogP contribution in [0.1, 0.15) is 12.8 Å². The molecule has 2 bridgehead atoms. The van der Waals surface area contributed by atoms with E-state index in [0.717, 1.165) is 0 Å². The summed E-state index contributed by atoms with van der Waals surface area (Å²) in [5.41, 5.74) is 0. The average molecular weight is 228 g/mol. The van der Waals surface area contributed by atoms with Gasteiger partial charge in [0.05, 0.1) is 6.61 Å². The molecule has 2 unspecified atom stereocenters. The van der Waals surface area contributed by atoms with Gasteiger partial charge in [0.15, 0.2) is 0 Å². The predicted molar refractivity (Wildman–Crippen MR) is 51.9 cm³/mol. The highest BCUT2D eigenvalue weighted by molar-refractivity contribution is 5.85. The molecule has 84 valence electrons. The minimum atomic E-state index is -2.44. The number of halogens is 3. The molecule has 1 N–H and O–H groups in total. The molecule has 0 aromatic rings. The fourth-order valence-electron chi connectivity index (χ4n) is 2.57. The first-order valence-corrected chi connectivity index (χ1v) is 4.85. The minimum absolute atomic E-state index is 0. The van der Waals surface area contributed by atoms with E-state index in [-0.39, 0.29) is 19.0 Å². The van der Waals surface area contributed by atoms with Crippen molar-refractivity contribution in [3.05, 3.63) is 0 Å². The van der Waals surface area contributed by atoms with Crippen LogP contribution in [0.2, 0.25) is 0 Å². The van der Waals surface area contributed by atoms with Gasteiger partial charge in [-0.15, -0.1) is 12.4 Å². The maximum Gasteiger partial charge on any atom is 0.256 e. The quantitative estimate of drug-likeness (QED) is 0.771. The van der Waals surface area contributed by atoms with Gasteiger partial charge in [0.1, 0.15) is 0 Å². The average Bonchev–Trinajstić information content (AvgIpc) is 2.29. The van der Waals surface area contributed by atoms with E-state index < -0.39 is 17.8 Å². The van der Waals surface area contributed by atoms with Gasteiger partial charge < -0.3 is 10.0 Å². The van der Waals surface area contributed by atoms with Gasteiger partial charge in [0.25, 0.3) is 5.92 Å². The Morgan fingerprint density at radius 1 is 1.21 bits per heavy atom. The molecular weight excluding hydrogens is 212 g/mol. The number of hydrogen-bond donors (Lipinski definition) is 1. The number of hydrogen-bond acceptors (Lipinski definition) is 2. The summed E-state index contributed by atoms with van der Waals surface area (Å²) in [6, 6.07) is 0. The summed E-state index contributed by atoms with van der Waals surface area (Å²) in [6.45, 7) is 1.54. The molecule has 0 amide bonds. The molecule has 0 spiro atoms. The molecule has 2 fully saturated rings. The molecule has 1 saturated heterocycles. The second-order valence-electron chi connectivity index (χ2n) is 4.13. The third kappa shape index (κ3) is 1.88. The Bertz CT molecular complexity index is 187. The molecule has 0 aromatic carbocycles. The third-order valence-corrected chi connectivity index (χ3v) is 3.33. The number of aliphatic hydroxyl groups is 1. The van der Waals surface area contributed by atoms with Crippen LogP contribution in [0.5, 0.6) is 0 Å². The Morgan fingerprint density at radius 2 is 1.71 bits per heavy atom. The molecular formula is C9H16ClF2NO. The lowest BCUT2D eigenvalue weighted by molar-refractivity contribution is -0.118. The standard InChI is InChI=1S/C9H15F2NO.ClH/c10-9(11)7-1-2-8(9)6-12(5-7)3-4-13;/h7-8,13H,1-6H2;1H. The van der Waals surface area contributed by atoms with Gasteiger partial charge >= 0.3 is 0 Å². The van der Waals surface area contributed by atoms with Gasteiger partial charge in [-0.2, -0.15) is 0 Å². The minimum Gasteiger partial charge on any atom is -0.395 e. The Morgan fingerprint density at radius 3 is 2.14 bits per heavy atom. The first-order valence-electron chi connectivity index (χ1n) is 4.85. The normalized spacial score (nSPS) is 35.4. The van der Waals surface area contributed by atoms with E-state index in [9.17, 15) is 8.78 Å². The lowest BCUT2D eigenvalue weighted by atomic mass is 9.94. The van der Waals surface area contributed by atoms with Crippen LogP contribution in [0.25, 0.3) is 0 Å². The number of β-amino-alcohol motifs (C(OH)–C–C–N with tert-alkyl or cyclic N) is 1. The Labute approximate surface area is 88.7 Å². The lowest BCUT2D eigenvalue weighted by Crippen LogP contribution is -2.49. The molecule has 5 heteroatoms. The zero-order valence-corrected chi connectivity index (χ0v) is 8.77. The van der Waals surface area contributed by atoms with E-state index in [1.165, 1.54) is 0 Å².